The molecule has 16 atom stereocenters. The Labute approximate surface area is 429 Å². The van der Waals surface area contributed by atoms with Crippen LogP contribution in [-0.2, 0) is 53.1 Å². The first kappa shape index (κ1) is 56.0. The third kappa shape index (κ3) is 10.5. The summed E-state index contributed by atoms with van der Waals surface area (Å²) in [6.45, 7) is -1.58. The summed E-state index contributed by atoms with van der Waals surface area (Å²) >= 11 is 0. The van der Waals surface area contributed by atoms with Crippen molar-refractivity contribution in [3.05, 3.63) is 82.4 Å². The van der Waals surface area contributed by atoms with Crippen LogP contribution in [0.3, 0.4) is 0 Å². The fourth-order valence-electron chi connectivity index (χ4n) is 9.98. The number of amides is 3. The standard InChI is InChI=1S/C48H57N3O25/c1-18(55)50-33-27(59)14-47(46(67)68,74-40(33)35(61)28(60)15-52)75-41-36(62)31(16-53)71-45(38(41)64)73-39-32(17-54)72-44(34(37(39)63)51-19(2)56)69-10-9-49-42(65)20-3-6-24-23(11-20)43(66)76-48(24)25-7-4-21(57)12-29(25)70-30-13-22(58)5-8-26(30)48/h3-8,11-13,27-28,31-41,44-45,52-54,57-64H,9-10,14-17H2,1-2H3,(H,49,65)(H,50,55)(H,51,56)(H,67,68)/t27-,28+,31+,32+,33+,34+,35+,36-,37+,38+,39+,40+,41-,44+,45-,47-/m0/s1. The largest absolute Gasteiger partial charge is 0.508 e. The van der Waals surface area contributed by atoms with E-state index in [9.17, 15) is 85.3 Å². The monoisotopic (exact) mass is 1080 g/mol. The quantitative estimate of drug-likeness (QED) is 0.0446. The number of carbonyl (C=O) groups is 5. The zero-order valence-corrected chi connectivity index (χ0v) is 40.3. The van der Waals surface area contributed by atoms with Crippen LogP contribution >= 0.6 is 0 Å². The molecule has 0 radical (unpaired) electrons. The molecule has 15 N–H and O–H groups in total. The smallest absolute Gasteiger partial charge is 0.364 e. The second kappa shape index (κ2) is 22.4. The summed E-state index contributed by atoms with van der Waals surface area (Å²) in [5, 5.41) is 135. The van der Waals surface area contributed by atoms with Crippen LogP contribution in [0, 0.1) is 0 Å². The highest BCUT2D eigenvalue weighted by Crippen LogP contribution is 2.57. The highest BCUT2D eigenvalue weighted by Gasteiger charge is 2.61. The molecule has 3 amide bonds. The molecule has 0 bridgehead atoms. The number of aromatic hydroxyl groups is 2. The Bertz CT molecular complexity index is 2620. The highest BCUT2D eigenvalue weighted by molar-refractivity contribution is 6.01. The molecule has 5 heterocycles. The number of phenolic OH excluding ortho intramolecular Hbond substituents is 2. The van der Waals surface area contributed by atoms with E-state index in [1.807, 2.05) is 0 Å². The number of ether oxygens (including phenoxy) is 8. The van der Waals surface area contributed by atoms with Gasteiger partial charge in [-0.05, 0) is 36.4 Å². The van der Waals surface area contributed by atoms with E-state index in [2.05, 4.69) is 16.0 Å². The molecule has 76 heavy (non-hydrogen) atoms. The summed E-state index contributed by atoms with van der Waals surface area (Å²) in [6, 6.07) is 9.63. The molecule has 28 heteroatoms. The SMILES string of the molecule is CC(=O)N[C@H]1[C@H](OCCNC(=O)c2ccc3c(c2)C(=O)OC32c3ccc(O)cc3Oc3cc(O)ccc32)O[C@H](CO)[C@@H](O[C@@H]2O[C@H](CO)[C@H](O)[C@H](O[C@]3(C(=O)O)C[C@H](O)[C@@H](NC(C)=O)[C@H]([C@H](O)[C@H](O)CO)O3)[C@H]2O)[C@@H]1O. The van der Waals surface area contributed by atoms with Crippen molar-refractivity contribution in [3.63, 3.8) is 0 Å². The van der Waals surface area contributed by atoms with Gasteiger partial charge in [0.05, 0.1) is 44.1 Å². The van der Waals surface area contributed by atoms with Crippen molar-refractivity contribution in [1.29, 1.82) is 0 Å². The Morgan fingerprint density at radius 1 is 0.763 bits per heavy atom. The van der Waals surface area contributed by atoms with Crippen molar-refractivity contribution in [2.24, 2.45) is 0 Å². The Hall–Kier alpha value is -6.19. The van der Waals surface area contributed by atoms with Crippen LogP contribution < -0.4 is 20.7 Å². The summed E-state index contributed by atoms with van der Waals surface area (Å²) in [5.41, 5.74) is -0.455. The minimum absolute atomic E-state index is 0.0200. The lowest BCUT2D eigenvalue weighted by atomic mass is 9.77. The third-order valence-electron chi connectivity index (χ3n) is 13.6. The number of aliphatic hydroxyl groups excluding tert-OH is 9. The van der Waals surface area contributed by atoms with Gasteiger partial charge in [0.2, 0.25) is 11.8 Å². The van der Waals surface area contributed by atoms with Crippen LogP contribution in [-0.4, -0.2) is 222 Å². The van der Waals surface area contributed by atoms with E-state index in [0.29, 0.717) is 16.7 Å². The van der Waals surface area contributed by atoms with Gasteiger partial charge in [-0.1, -0.05) is 6.07 Å². The molecule has 3 aromatic carbocycles. The number of hydrogen-bond donors (Lipinski definition) is 15. The number of nitrogens with one attached hydrogen (secondary N) is 3. The van der Waals surface area contributed by atoms with E-state index in [1.165, 1.54) is 54.6 Å². The minimum atomic E-state index is -3.12. The number of carboxylic acid groups (broad SMARTS) is 1. The first-order valence-corrected chi connectivity index (χ1v) is 23.7. The number of carboxylic acids is 1. The molecule has 5 aliphatic rings. The van der Waals surface area contributed by atoms with Crippen LogP contribution in [0.1, 0.15) is 57.7 Å². The number of aliphatic hydroxyl groups is 9. The molecule has 28 nitrogen and oxygen atoms in total. The average Bonchev–Trinajstić information content (AvgIpc) is 3.67. The lowest BCUT2D eigenvalue weighted by molar-refractivity contribution is -0.382. The number of carbonyl (C=O) groups excluding carboxylic acids is 4. The summed E-state index contributed by atoms with van der Waals surface area (Å²) < 4.78 is 46.6. The van der Waals surface area contributed by atoms with Crippen molar-refractivity contribution < 1.29 is 123 Å². The summed E-state index contributed by atoms with van der Waals surface area (Å²) in [5.74, 6) is -8.08. The molecule has 0 unspecified atom stereocenters. The molecular weight excluding hydrogens is 1020 g/mol. The van der Waals surface area contributed by atoms with Crippen molar-refractivity contribution in [1.82, 2.24) is 16.0 Å². The van der Waals surface area contributed by atoms with Crippen LogP contribution in [0.25, 0.3) is 0 Å². The Morgan fingerprint density at radius 3 is 1.96 bits per heavy atom. The molecular formula is C48H57N3O25. The Morgan fingerprint density at radius 2 is 1.37 bits per heavy atom. The zero-order valence-electron chi connectivity index (χ0n) is 40.3. The molecule has 3 saturated heterocycles. The molecule has 0 saturated carbocycles. The average molecular weight is 1080 g/mol. The van der Waals surface area contributed by atoms with E-state index >= 15 is 0 Å². The molecule has 8 rings (SSSR count). The number of hydrogen-bond acceptors (Lipinski definition) is 24. The van der Waals surface area contributed by atoms with Crippen LogP contribution in [0.4, 0.5) is 0 Å². The van der Waals surface area contributed by atoms with Gasteiger partial charge in [0.1, 0.15) is 90.1 Å². The van der Waals surface area contributed by atoms with Gasteiger partial charge >= 0.3 is 11.9 Å². The van der Waals surface area contributed by atoms with E-state index in [-0.39, 0.29) is 47.3 Å². The van der Waals surface area contributed by atoms with E-state index in [4.69, 9.17) is 37.9 Å². The normalized spacial score (nSPS) is 32.1. The van der Waals surface area contributed by atoms with E-state index in [1.54, 1.807) is 0 Å². The second-order valence-electron chi connectivity index (χ2n) is 18.6. The molecule has 0 aliphatic carbocycles. The first-order valence-electron chi connectivity index (χ1n) is 23.7. The Kier molecular flexibility index (Phi) is 16.5. The van der Waals surface area contributed by atoms with Gasteiger partial charge in [0.25, 0.3) is 11.7 Å². The third-order valence-corrected chi connectivity index (χ3v) is 13.6. The van der Waals surface area contributed by atoms with Gasteiger partial charge < -0.3 is 115 Å². The topological polar surface area (TPSA) is 438 Å². The van der Waals surface area contributed by atoms with E-state index in [0.717, 1.165) is 13.8 Å². The minimum Gasteiger partial charge on any atom is -0.508 e. The number of phenols is 2. The maximum Gasteiger partial charge on any atom is 0.364 e. The molecule has 0 aromatic heterocycles. The van der Waals surface area contributed by atoms with Gasteiger partial charge in [-0.25, -0.2) is 9.59 Å². The fraction of sp³-hybridized carbons (Fsp3) is 0.521. The van der Waals surface area contributed by atoms with Gasteiger partial charge in [-0.3, -0.25) is 14.4 Å². The van der Waals surface area contributed by atoms with Gasteiger partial charge in [-0.15, -0.1) is 0 Å². The molecule has 5 aliphatic heterocycles. The van der Waals surface area contributed by atoms with Crippen molar-refractivity contribution in [2.45, 2.75) is 123 Å². The maximum atomic E-state index is 13.6. The molecule has 3 aromatic rings. The van der Waals surface area contributed by atoms with E-state index < -0.39 is 159 Å². The van der Waals surface area contributed by atoms with Crippen molar-refractivity contribution >= 4 is 29.7 Å². The summed E-state index contributed by atoms with van der Waals surface area (Å²) in [7, 11) is 0. The summed E-state index contributed by atoms with van der Waals surface area (Å²) in [4.78, 5) is 64.5. The molecule has 1 spiro atoms. The first-order chi connectivity index (χ1) is 36.1. The number of esters is 1. The molecule has 414 valence electrons. The number of benzene rings is 3. The highest BCUT2D eigenvalue weighted by atomic mass is 16.8. The van der Waals surface area contributed by atoms with Gasteiger partial charge in [0, 0.05) is 61.2 Å². The maximum absolute atomic E-state index is 13.6. The van der Waals surface area contributed by atoms with Crippen molar-refractivity contribution in [2.75, 3.05) is 33.0 Å². The fourth-order valence-corrected chi connectivity index (χ4v) is 9.98. The van der Waals surface area contributed by atoms with Crippen LogP contribution in [0.15, 0.2) is 54.6 Å². The Balaban J connectivity index is 0.949. The van der Waals surface area contributed by atoms with Crippen LogP contribution in [0.5, 0.6) is 23.0 Å². The lowest BCUT2D eigenvalue weighted by Crippen LogP contribution is -2.71. The van der Waals surface area contributed by atoms with Gasteiger partial charge in [-0.2, -0.15) is 0 Å². The molecule has 3 fully saturated rings. The second-order valence-corrected chi connectivity index (χ2v) is 18.6. The number of aliphatic carboxylic acids is 1. The zero-order chi connectivity index (χ0) is 55.1. The lowest BCUT2D eigenvalue weighted by Gasteiger charge is -2.51. The predicted molar refractivity (Wildman–Crippen MR) is 246 cm³/mol. The number of rotatable bonds is 17. The van der Waals surface area contributed by atoms with Crippen LogP contribution in [0.2, 0.25) is 0 Å². The predicted octanol–water partition coefficient (Wildman–Crippen LogP) is -4.65. The van der Waals surface area contributed by atoms with Gasteiger partial charge in [0.15, 0.2) is 18.2 Å². The number of fused-ring (bicyclic) bond motifs is 6. The van der Waals surface area contributed by atoms with Crippen molar-refractivity contribution in [3.8, 4) is 23.0 Å². The summed E-state index contributed by atoms with van der Waals surface area (Å²) in [6.07, 6.45) is -26.5.